The van der Waals surface area contributed by atoms with Gasteiger partial charge in [-0.2, -0.15) is 0 Å². The second-order valence-electron chi connectivity index (χ2n) is 11.2. The summed E-state index contributed by atoms with van der Waals surface area (Å²) in [4.78, 5) is 0. The van der Waals surface area contributed by atoms with Crippen LogP contribution in [0.3, 0.4) is 0 Å². The molecule has 3 heteroatoms. The predicted octanol–water partition coefficient (Wildman–Crippen LogP) is 10.7. The largest absolute Gasteiger partial charge is 0.485 e. The van der Waals surface area contributed by atoms with Gasteiger partial charge < -0.3 is 4.74 Å². The van der Waals surface area contributed by atoms with Crippen molar-refractivity contribution >= 4 is 0 Å². The molecule has 0 bridgehead atoms. The zero-order valence-corrected chi connectivity index (χ0v) is 23.2. The molecule has 0 spiro atoms. The Morgan fingerprint density at radius 3 is 2.14 bits per heavy atom. The van der Waals surface area contributed by atoms with E-state index in [1.54, 1.807) is 11.1 Å². The quantitative estimate of drug-likeness (QED) is 0.198. The lowest BCUT2D eigenvalue weighted by Gasteiger charge is -2.36. The van der Waals surface area contributed by atoms with Crippen molar-refractivity contribution < 1.29 is 13.5 Å². The van der Waals surface area contributed by atoms with Gasteiger partial charge in [-0.1, -0.05) is 88.3 Å². The summed E-state index contributed by atoms with van der Waals surface area (Å²) in [5.74, 6) is -1.53. The molecular weight excluding hydrogens is 450 g/mol. The number of halogens is 2. The van der Waals surface area contributed by atoms with E-state index in [9.17, 15) is 8.78 Å². The molecule has 2 unspecified atom stereocenters. The highest BCUT2D eigenvalue weighted by molar-refractivity contribution is 5.65. The summed E-state index contributed by atoms with van der Waals surface area (Å²) in [7, 11) is 0. The van der Waals surface area contributed by atoms with Crippen LogP contribution in [0.5, 0.6) is 5.75 Å². The summed E-state index contributed by atoms with van der Waals surface area (Å²) in [6, 6.07) is 11.1. The molecule has 0 amide bonds. The van der Waals surface area contributed by atoms with Gasteiger partial charge in [0.15, 0.2) is 17.4 Å². The maximum Gasteiger partial charge on any atom is 0.191 e. The molecule has 0 heterocycles. The summed E-state index contributed by atoms with van der Waals surface area (Å²) < 4.78 is 35.4. The van der Waals surface area contributed by atoms with Crippen molar-refractivity contribution in [3.63, 3.8) is 0 Å². The smallest absolute Gasteiger partial charge is 0.191 e. The molecule has 1 aliphatic rings. The van der Waals surface area contributed by atoms with E-state index in [4.69, 9.17) is 4.74 Å². The Kier molecular flexibility index (Phi) is 10.6. The van der Waals surface area contributed by atoms with E-state index < -0.39 is 11.6 Å². The maximum absolute atomic E-state index is 14.9. The summed E-state index contributed by atoms with van der Waals surface area (Å²) in [5, 5.41) is 0. The summed E-state index contributed by atoms with van der Waals surface area (Å²) in [6.07, 6.45) is 13.6. The van der Waals surface area contributed by atoms with Gasteiger partial charge in [0.1, 0.15) is 0 Å². The van der Waals surface area contributed by atoms with E-state index in [0.717, 1.165) is 44.1 Å². The predicted molar refractivity (Wildman–Crippen MR) is 149 cm³/mol. The van der Waals surface area contributed by atoms with Crippen LogP contribution < -0.4 is 4.74 Å². The van der Waals surface area contributed by atoms with Gasteiger partial charge in [-0.15, -0.1) is 0 Å². The Bertz CT molecular complexity index is 984. The highest BCUT2D eigenvalue weighted by atomic mass is 19.1. The van der Waals surface area contributed by atoms with Crippen LogP contribution in [0.25, 0.3) is 11.1 Å². The van der Waals surface area contributed by atoms with Crippen molar-refractivity contribution in [3.8, 4) is 16.9 Å². The molecule has 198 valence electrons. The van der Waals surface area contributed by atoms with Gasteiger partial charge in [-0.05, 0) is 93.0 Å². The van der Waals surface area contributed by atoms with Crippen LogP contribution in [0.15, 0.2) is 47.5 Å². The fourth-order valence-corrected chi connectivity index (χ4v) is 5.63. The van der Waals surface area contributed by atoms with Gasteiger partial charge in [0.05, 0.1) is 6.10 Å². The normalized spacial score (nSPS) is 19.0. The third-order valence-corrected chi connectivity index (χ3v) is 8.02. The topological polar surface area (TPSA) is 9.23 Å². The van der Waals surface area contributed by atoms with Crippen LogP contribution in [0.4, 0.5) is 8.78 Å². The number of hydrogen-bond acceptors (Lipinski definition) is 1. The van der Waals surface area contributed by atoms with Crippen LogP contribution >= 0.6 is 0 Å². The molecule has 0 saturated carbocycles. The van der Waals surface area contributed by atoms with Crippen LogP contribution in [0.2, 0.25) is 0 Å². The SMILES string of the molecule is CCCCCCC(C)Oc1c(F)cc(-c2ccc(C3(C)CCC(CCCCC)=C(C)C3)cc2)cc1F. The fraction of sp³-hybridized carbons (Fsp3) is 0.576. The molecule has 3 rings (SSSR count). The van der Waals surface area contributed by atoms with E-state index >= 15 is 0 Å². The van der Waals surface area contributed by atoms with Crippen LogP contribution in [-0.4, -0.2) is 6.10 Å². The Morgan fingerprint density at radius 1 is 0.889 bits per heavy atom. The van der Waals surface area contributed by atoms with Crippen molar-refractivity contribution in [2.75, 3.05) is 0 Å². The first-order valence-electron chi connectivity index (χ1n) is 14.2. The molecule has 2 aromatic carbocycles. The third-order valence-electron chi connectivity index (χ3n) is 8.02. The van der Waals surface area contributed by atoms with E-state index in [0.29, 0.717) is 5.56 Å². The molecule has 2 aromatic rings. The van der Waals surface area contributed by atoms with Crippen molar-refractivity contribution in [1.82, 2.24) is 0 Å². The summed E-state index contributed by atoms with van der Waals surface area (Å²) in [6.45, 7) is 11.0. The highest BCUT2D eigenvalue weighted by Gasteiger charge is 2.31. The minimum absolute atomic E-state index is 0.109. The molecule has 0 fully saturated rings. The second kappa shape index (κ2) is 13.4. The number of benzene rings is 2. The first-order valence-corrected chi connectivity index (χ1v) is 14.2. The van der Waals surface area contributed by atoms with Gasteiger partial charge in [0, 0.05) is 0 Å². The number of ether oxygens (including phenoxy) is 1. The Hall–Kier alpha value is -2.16. The first-order chi connectivity index (χ1) is 17.3. The van der Waals surface area contributed by atoms with E-state index in [2.05, 4.69) is 39.8 Å². The zero-order chi connectivity index (χ0) is 26.1. The van der Waals surface area contributed by atoms with E-state index in [1.165, 1.54) is 56.2 Å². The summed E-state index contributed by atoms with van der Waals surface area (Å²) >= 11 is 0. The number of allylic oxidation sites excluding steroid dienone is 2. The van der Waals surface area contributed by atoms with Gasteiger partial charge in [-0.3, -0.25) is 0 Å². The van der Waals surface area contributed by atoms with Gasteiger partial charge in [0.25, 0.3) is 0 Å². The fourth-order valence-electron chi connectivity index (χ4n) is 5.63. The minimum Gasteiger partial charge on any atom is -0.485 e. The Labute approximate surface area is 218 Å². The standard InChI is InChI=1S/C33H46F2O/c1-6-8-10-12-13-25(4)36-32-30(34)21-28(22-31(32)35)27-15-17-29(18-16-27)33(5)20-19-26(24(3)23-33)14-11-9-7-2/h15-18,21-22,25H,6-14,19-20,23H2,1-5H3. The van der Waals surface area contributed by atoms with Gasteiger partial charge >= 0.3 is 0 Å². The average Bonchev–Trinajstić information content (AvgIpc) is 2.85. The first kappa shape index (κ1) is 28.4. The molecule has 1 aliphatic carbocycles. The Balaban J connectivity index is 1.68. The zero-order valence-electron chi connectivity index (χ0n) is 23.2. The van der Waals surface area contributed by atoms with Crippen molar-refractivity contribution in [1.29, 1.82) is 0 Å². The molecule has 0 aliphatic heterocycles. The monoisotopic (exact) mass is 496 g/mol. The molecule has 36 heavy (non-hydrogen) atoms. The van der Waals surface area contributed by atoms with E-state index in [-0.39, 0.29) is 17.3 Å². The van der Waals surface area contributed by atoms with Gasteiger partial charge in [-0.25, -0.2) is 8.78 Å². The van der Waals surface area contributed by atoms with Crippen molar-refractivity contribution in [2.45, 2.75) is 123 Å². The second-order valence-corrected chi connectivity index (χ2v) is 11.2. The number of rotatable bonds is 13. The average molecular weight is 497 g/mol. The minimum atomic E-state index is -0.634. The van der Waals surface area contributed by atoms with Gasteiger partial charge in [0.2, 0.25) is 0 Å². The molecule has 0 N–H and O–H groups in total. The van der Waals surface area contributed by atoms with Crippen LogP contribution in [0, 0.1) is 11.6 Å². The lowest BCUT2D eigenvalue weighted by atomic mass is 9.68. The lowest BCUT2D eigenvalue weighted by molar-refractivity contribution is 0.188. The third kappa shape index (κ3) is 7.43. The Morgan fingerprint density at radius 2 is 1.53 bits per heavy atom. The molecule has 0 aromatic heterocycles. The van der Waals surface area contributed by atoms with Crippen molar-refractivity contribution in [3.05, 3.63) is 64.7 Å². The molecule has 0 radical (unpaired) electrons. The maximum atomic E-state index is 14.9. The number of hydrogen-bond donors (Lipinski definition) is 0. The lowest BCUT2D eigenvalue weighted by Crippen LogP contribution is -2.26. The molecule has 1 nitrogen and oxygen atoms in total. The molecular formula is C33H46F2O. The van der Waals surface area contributed by atoms with E-state index in [1.807, 2.05) is 19.1 Å². The van der Waals surface area contributed by atoms with Crippen LogP contribution in [0.1, 0.15) is 117 Å². The summed E-state index contributed by atoms with van der Waals surface area (Å²) in [5.41, 5.74) is 5.98. The molecule has 2 atom stereocenters. The van der Waals surface area contributed by atoms with Crippen molar-refractivity contribution in [2.24, 2.45) is 0 Å². The molecule has 0 saturated heterocycles. The highest BCUT2D eigenvalue weighted by Crippen LogP contribution is 2.43. The number of unbranched alkanes of at least 4 members (excludes halogenated alkanes) is 5. The van der Waals surface area contributed by atoms with Crippen LogP contribution in [-0.2, 0) is 5.41 Å².